The molecule has 0 spiro atoms. The van der Waals surface area contributed by atoms with Gasteiger partial charge in [-0.05, 0) is 37.1 Å². The summed E-state index contributed by atoms with van der Waals surface area (Å²) in [4.78, 5) is 12.2. The van der Waals surface area contributed by atoms with E-state index in [0.29, 0.717) is 19.6 Å². The van der Waals surface area contributed by atoms with Gasteiger partial charge in [-0.15, -0.1) is 0 Å². The highest BCUT2D eigenvalue weighted by molar-refractivity contribution is 5.81. The third-order valence-corrected chi connectivity index (χ3v) is 3.44. The van der Waals surface area contributed by atoms with Crippen LogP contribution in [0.1, 0.15) is 18.9 Å². The molecule has 0 aliphatic carbocycles. The van der Waals surface area contributed by atoms with Crippen molar-refractivity contribution in [3.05, 3.63) is 60.2 Å². The normalized spacial score (nSPS) is 11.6. The second kappa shape index (κ2) is 8.83. The summed E-state index contributed by atoms with van der Waals surface area (Å²) in [5, 5.41) is 2.85. The van der Waals surface area contributed by atoms with Gasteiger partial charge in [0, 0.05) is 0 Å². The van der Waals surface area contributed by atoms with Gasteiger partial charge in [0.1, 0.15) is 18.1 Å². The van der Waals surface area contributed by atoms with E-state index < -0.39 is 6.10 Å². The SMILES string of the molecule is CCC(Oc1ccccc1C)C(=O)NCCOc1ccccc1. The van der Waals surface area contributed by atoms with E-state index in [9.17, 15) is 4.79 Å². The number of benzene rings is 2. The molecule has 4 nitrogen and oxygen atoms in total. The van der Waals surface area contributed by atoms with Crippen molar-refractivity contribution in [3.63, 3.8) is 0 Å². The molecule has 1 amide bonds. The number of hydrogen-bond donors (Lipinski definition) is 1. The van der Waals surface area contributed by atoms with E-state index in [0.717, 1.165) is 17.1 Å². The minimum Gasteiger partial charge on any atom is -0.492 e. The molecule has 0 heterocycles. The fraction of sp³-hybridized carbons (Fsp3) is 0.316. The van der Waals surface area contributed by atoms with Crippen molar-refractivity contribution in [2.24, 2.45) is 0 Å². The van der Waals surface area contributed by atoms with Gasteiger partial charge >= 0.3 is 0 Å². The van der Waals surface area contributed by atoms with E-state index in [2.05, 4.69) is 5.32 Å². The maximum atomic E-state index is 12.2. The smallest absolute Gasteiger partial charge is 0.261 e. The summed E-state index contributed by atoms with van der Waals surface area (Å²) in [6.07, 6.45) is 0.118. The van der Waals surface area contributed by atoms with Crippen molar-refractivity contribution in [1.82, 2.24) is 5.32 Å². The van der Waals surface area contributed by atoms with Gasteiger partial charge in [-0.1, -0.05) is 43.3 Å². The largest absolute Gasteiger partial charge is 0.492 e. The molecule has 0 fully saturated rings. The van der Waals surface area contributed by atoms with Gasteiger partial charge in [-0.2, -0.15) is 0 Å². The number of hydrogen-bond acceptors (Lipinski definition) is 3. The number of ether oxygens (including phenoxy) is 2. The zero-order valence-electron chi connectivity index (χ0n) is 13.6. The predicted molar refractivity (Wildman–Crippen MR) is 90.8 cm³/mol. The Kier molecular flexibility index (Phi) is 6.48. The van der Waals surface area contributed by atoms with Crippen LogP contribution in [0.15, 0.2) is 54.6 Å². The quantitative estimate of drug-likeness (QED) is 0.760. The first-order valence-electron chi connectivity index (χ1n) is 7.88. The predicted octanol–water partition coefficient (Wildman–Crippen LogP) is 3.35. The highest BCUT2D eigenvalue weighted by atomic mass is 16.5. The van der Waals surface area contributed by atoms with Crippen LogP contribution in [0.4, 0.5) is 0 Å². The van der Waals surface area contributed by atoms with Gasteiger partial charge in [0.2, 0.25) is 0 Å². The van der Waals surface area contributed by atoms with E-state index in [4.69, 9.17) is 9.47 Å². The lowest BCUT2D eigenvalue weighted by atomic mass is 10.2. The van der Waals surface area contributed by atoms with Crippen molar-refractivity contribution in [1.29, 1.82) is 0 Å². The van der Waals surface area contributed by atoms with Gasteiger partial charge in [-0.25, -0.2) is 0 Å². The molecule has 0 aliphatic rings. The monoisotopic (exact) mass is 313 g/mol. The first-order valence-corrected chi connectivity index (χ1v) is 7.88. The van der Waals surface area contributed by atoms with Crippen molar-refractivity contribution in [2.45, 2.75) is 26.4 Å². The molecule has 2 aromatic carbocycles. The molecule has 4 heteroatoms. The molecule has 0 saturated heterocycles. The lowest BCUT2D eigenvalue weighted by Crippen LogP contribution is -2.39. The third-order valence-electron chi connectivity index (χ3n) is 3.44. The molecule has 0 radical (unpaired) electrons. The molecule has 1 atom stereocenters. The minimum absolute atomic E-state index is 0.118. The molecule has 122 valence electrons. The number of rotatable bonds is 8. The molecule has 2 rings (SSSR count). The molecule has 1 unspecified atom stereocenters. The van der Waals surface area contributed by atoms with Crippen LogP contribution >= 0.6 is 0 Å². The fourth-order valence-corrected chi connectivity index (χ4v) is 2.14. The second-order valence-electron chi connectivity index (χ2n) is 5.23. The molecule has 0 aromatic heterocycles. The summed E-state index contributed by atoms with van der Waals surface area (Å²) < 4.78 is 11.4. The summed E-state index contributed by atoms with van der Waals surface area (Å²) in [5.41, 5.74) is 1.02. The average molecular weight is 313 g/mol. The fourth-order valence-electron chi connectivity index (χ4n) is 2.14. The highest BCUT2D eigenvalue weighted by Gasteiger charge is 2.18. The summed E-state index contributed by atoms with van der Waals surface area (Å²) >= 11 is 0. The van der Waals surface area contributed by atoms with Crippen LogP contribution in [0, 0.1) is 6.92 Å². The average Bonchev–Trinajstić information content (AvgIpc) is 2.59. The van der Waals surface area contributed by atoms with Crippen LogP contribution in [0.2, 0.25) is 0 Å². The van der Waals surface area contributed by atoms with Gasteiger partial charge < -0.3 is 14.8 Å². The molecule has 0 bridgehead atoms. The molecule has 1 N–H and O–H groups in total. The number of carbonyl (C=O) groups is 1. The lowest BCUT2D eigenvalue weighted by molar-refractivity contribution is -0.128. The van der Waals surface area contributed by atoms with Gasteiger partial charge in [0.15, 0.2) is 6.10 Å². The molecular weight excluding hydrogens is 290 g/mol. The van der Waals surface area contributed by atoms with Crippen LogP contribution in [0.25, 0.3) is 0 Å². The van der Waals surface area contributed by atoms with Crippen LogP contribution < -0.4 is 14.8 Å². The van der Waals surface area contributed by atoms with E-state index in [1.54, 1.807) is 0 Å². The zero-order valence-corrected chi connectivity index (χ0v) is 13.6. The Bertz CT molecular complexity index is 613. The van der Waals surface area contributed by atoms with Gasteiger partial charge in [0.25, 0.3) is 5.91 Å². The van der Waals surface area contributed by atoms with Crippen molar-refractivity contribution >= 4 is 5.91 Å². The van der Waals surface area contributed by atoms with Crippen LogP contribution in [-0.4, -0.2) is 25.2 Å². The standard InChI is InChI=1S/C19H23NO3/c1-3-17(23-18-12-8-7-9-15(18)2)19(21)20-13-14-22-16-10-5-4-6-11-16/h4-12,17H,3,13-14H2,1-2H3,(H,20,21). The highest BCUT2D eigenvalue weighted by Crippen LogP contribution is 2.18. The molecule has 23 heavy (non-hydrogen) atoms. The second-order valence-corrected chi connectivity index (χ2v) is 5.23. The first kappa shape index (κ1) is 16.9. The zero-order chi connectivity index (χ0) is 16.5. The van der Waals surface area contributed by atoms with Gasteiger partial charge in [-0.3, -0.25) is 4.79 Å². The third kappa shape index (κ3) is 5.33. The summed E-state index contributed by atoms with van der Waals surface area (Å²) in [6, 6.07) is 17.2. The Morgan fingerprint density at radius 1 is 1.09 bits per heavy atom. The van der Waals surface area contributed by atoms with Crippen LogP contribution in [-0.2, 0) is 4.79 Å². The van der Waals surface area contributed by atoms with Crippen molar-refractivity contribution < 1.29 is 14.3 Å². The Morgan fingerprint density at radius 2 is 1.78 bits per heavy atom. The number of carbonyl (C=O) groups excluding carboxylic acids is 1. The molecular formula is C19H23NO3. The topological polar surface area (TPSA) is 47.6 Å². The van der Waals surface area contributed by atoms with Crippen molar-refractivity contribution in [2.75, 3.05) is 13.2 Å². The number of para-hydroxylation sites is 2. The van der Waals surface area contributed by atoms with E-state index in [1.807, 2.05) is 68.4 Å². The number of aryl methyl sites for hydroxylation is 1. The maximum absolute atomic E-state index is 12.2. The lowest BCUT2D eigenvalue weighted by Gasteiger charge is -2.18. The van der Waals surface area contributed by atoms with Crippen LogP contribution in [0.3, 0.4) is 0 Å². The van der Waals surface area contributed by atoms with E-state index in [-0.39, 0.29) is 5.91 Å². The van der Waals surface area contributed by atoms with Gasteiger partial charge in [0.05, 0.1) is 6.54 Å². The first-order chi connectivity index (χ1) is 11.2. The maximum Gasteiger partial charge on any atom is 0.261 e. The molecule has 0 saturated carbocycles. The Labute approximate surface area is 137 Å². The number of nitrogens with one attached hydrogen (secondary N) is 1. The summed E-state index contributed by atoms with van der Waals surface area (Å²) in [5.74, 6) is 1.42. The Morgan fingerprint density at radius 3 is 2.48 bits per heavy atom. The summed E-state index contributed by atoms with van der Waals surface area (Å²) in [6.45, 7) is 4.77. The summed E-state index contributed by atoms with van der Waals surface area (Å²) in [7, 11) is 0. The Hall–Kier alpha value is -2.49. The minimum atomic E-state index is -0.493. The van der Waals surface area contributed by atoms with E-state index >= 15 is 0 Å². The molecule has 0 aliphatic heterocycles. The Balaban J connectivity index is 1.77. The van der Waals surface area contributed by atoms with E-state index in [1.165, 1.54) is 0 Å². The van der Waals surface area contributed by atoms with Crippen LogP contribution in [0.5, 0.6) is 11.5 Å². The molecule has 2 aromatic rings. The number of amides is 1. The van der Waals surface area contributed by atoms with Crippen molar-refractivity contribution in [3.8, 4) is 11.5 Å².